The van der Waals surface area contributed by atoms with Gasteiger partial charge in [-0.25, -0.2) is 4.39 Å². The van der Waals surface area contributed by atoms with Gasteiger partial charge in [0.15, 0.2) is 0 Å². The van der Waals surface area contributed by atoms with E-state index in [1.165, 1.54) is 24.3 Å². The minimum atomic E-state index is -0.946. The van der Waals surface area contributed by atoms with Gasteiger partial charge in [0.05, 0.1) is 5.60 Å². The Morgan fingerprint density at radius 3 is 2.35 bits per heavy atom. The van der Waals surface area contributed by atoms with Crippen molar-refractivity contribution in [3.05, 3.63) is 35.6 Å². The molecule has 0 aliphatic carbocycles. The van der Waals surface area contributed by atoms with E-state index >= 15 is 0 Å². The van der Waals surface area contributed by atoms with Crippen LogP contribution in [0.2, 0.25) is 0 Å². The Kier molecular flexibility index (Phi) is 4.40. The molecule has 5 heteroatoms. The first kappa shape index (κ1) is 14.9. The Morgan fingerprint density at radius 1 is 1.35 bits per heavy atom. The Hall–Kier alpha value is -1.46. The molecule has 1 saturated heterocycles. The van der Waals surface area contributed by atoms with Gasteiger partial charge in [-0.15, -0.1) is 0 Å². The van der Waals surface area contributed by atoms with Crippen molar-refractivity contribution in [2.45, 2.75) is 37.8 Å². The largest absolute Gasteiger partial charge is 0.480 e. The first-order chi connectivity index (χ1) is 9.45. The van der Waals surface area contributed by atoms with E-state index < -0.39 is 17.6 Å². The second kappa shape index (κ2) is 5.89. The zero-order valence-electron chi connectivity index (χ0n) is 11.6. The topological polar surface area (TPSA) is 60.8 Å². The van der Waals surface area contributed by atoms with E-state index in [2.05, 4.69) is 0 Å². The van der Waals surface area contributed by atoms with Crippen LogP contribution in [-0.2, 0) is 4.79 Å². The van der Waals surface area contributed by atoms with Crippen molar-refractivity contribution in [1.29, 1.82) is 0 Å². The molecule has 1 atom stereocenters. The predicted octanol–water partition coefficient (Wildman–Crippen LogP) is 2.19. The molecule has 0 spiro atoms. The summed E-state index contributed by atoms with van der Waals surface area (Å²) in [6.07, 6.45) is 1.80. The molecule has 110 valence electrons. The van der Waals surface area contributed by atoms with Crippen molar-refractivity contribution in [3.63, 3.8) is 0 Å². The fourth-order valence-electron chi connectivity index (χ4n) is 2.71. The molecular formula is C15H20FNO3. The number of aliphatic hydroxyl groups is 1. The van der Waals surface area contributed by atoms with Gasteiger partial charge in [-0.2, -0.15) is 0 Å². The Labute approximate surface area is 117 Å². The molecule has 1 unspecified atom stereocenters. The third-order valence-corrected chi connectivity index (χ3v) is 4.17. The molecule has 1 aliphatic heterocycles. The summed E-state index contributed by atoms with van der Waals surface area (Å²) in [6.45, 7) is 2.99. The van der Waals surface area contributed by atoms with Gasteiger partial charge in [0.1, 0.15) is 11.9 Å². The zero-order valence-corrected chi connectivity index (χ0v) is 11.6. The second-order valence-corrected chi connectivity index (χ2v) is 5.41. The van der Waals surface area contributed by atoms with E-state index in [1.807, 2.05) is 11.8 Å². The van der Waals surface area contributed by atoms with Gasteiger partial charge in [-0.3, -0.25) is 9.69 Å². The highest BCUT2D eigenvalue weighted by Crippen LogP contribution is 2.31. The van der Waals surface area contributed by atoms with Crippen molar-refractivity contribution >= 4 is 5.97 Å². The SMILES string of the molecule is CCC1(O)CCN(C(C(=O)O)c2ccc(F)cc2)CC1. The van der Waals surface area contributed by atoms with E-state index in [0.29, 0.717) is 37.9 Å². The molecule has 2 N–H and O–H groups in total. The van der Waals surface area contributed by atoms with E-state index in [9.17, 15) is 19.4 Å². The van der Waals surface area contributed by atoms with Crippen LogP contribution in [0.3, 0.4) is 0 Å². The lowest BCUT2D eigenvalue weighted by Gasteiger charge is -2.40. The van der Waals surface area contributed by atoms with Gasteiger partial charge in [-0.1, -0.05) is 19.1 Å². The van der Waals surface area contributed by atoms with Crippen LogP contribution in [-0.4, -0.2) is 39.8 Å². The van der Waals surface area contributed by atoms with Crippen LogP contribution >= 0.6 is 0 Å². The third kappa shape index (κ3) is 3.16. The molecule has 1 aliphatic rings. The molecule has 0 bridgehead atoms. The highest BCUT2D eigenvalue weighted by molar-refractivity contribution is 5.75. The second-order valence-electron chi connectivity index (χ2n) is 5.41. The van der Waals surface area contributed by atoms with Crippen molar-refractivity contribution in [2.75, 3.05) is 13.1 Å². The predicted molar refractivity (Wildman–Crippen MR) is 72.8 cm³/mol. The standard InChI is InChI=1S/C15H20FNO3/c1-2-15(20)7-9-17(10-8-15)13(14(18)19)11-3-5-12(16)6-4-11/h3-6,13,20H,2,7-10H2,1H3,(H,18,19). The summed E-state index contributed by atoms with van der Waals surface area (Å²) in [5.74, 6) is -1.32. The van der Waals surface area contributed by atoms with Gasteiger partial charge in [0.2, 0.25) is 0 Å². The number of rotatable bonds is 4. The van der Waals surface area contributed by atoms with E-state index in [4.69, 9.17) is 0 Å². The quantitative estimate of drug-likeness (QED) is 0.888. The maximum absolute atomic E-state index is 12.9. The zero-order chi connectivity index (χ0) is 14.8. The van der Waals surface area contributed by atoms with E-state index in [1.54, 1.807) is 0 Å². The Balaban J connectivity index is 2.15. The summed E-state index contributed by atoms with van der Waals surface area (Å²) in [7, 11) is 0. The average molecular weight is 281 g/mol. The number of hydrogen-bond donors (Lipinski definition) is 2. The highest BCUT2D eigenvalue weighted by atomic mass is 19.1. The number of piperidine rings is 1. The summed E-state index contributed by atoms with van der Waals surface area (Å²) >= 11 is 0. The first-order valence-corrected chi connectivity index (χ1v) is 6.90. The molecule has 20 heavy (non-hydrogen) atoms. The number of halogens is 1. The number of carboxylic acids is 1. The van der Waals surface area contributed by atoms with E-state index in [-0.39, 0.29) is 5.82 Å². The van der Waals surface area contributed by atoms with Crippen LogP contribution in [0.15, 0.2) is 24.3 Å². The fourth-order valence-corrected chi connectivity index (χ4v) is 2.71. The molecule has 1 aromatic carbocycles. The minimum absolute atomic E-state index is 0.378. The van der Waals surface area contributed by atoms with Crippen LogP contribution in [0.1, 0.15) is 37.8 Å². The minimum Gasteiger partial charge on any atom is -0.480 e. The summed E-state index contributed by atoms with van der Waals surface area (Å²) in [6, 6.07) is 4.79. The average Bonchev–Trinajstić information content (AvgIpc) is 2.43. The van der Waals surface area contributed by atoms with Gasteiger partial charge in [0, 0.05) is 13.1 Å². The number of likely N-dealkylation sites (tertiary alicyclic amines) is 1. The molecule has 1 heterocycles. The molecule has 0 amide bonds. The van der Waals surface area contributed by atoms with Crippen LogP contribution in [0.5, 0.6) is 0 Å². The smallest absolute Gasteiger partial charge is 0.325 e. The lowest BCUT2D eigenvalue weighted by molar-refractivity contribution is -0.145. The molecule has 4 nitrogen and oxygen atoms in total. The molecule has 2 rings (SSSR count). The molecule has 1 fully saturated rings. The highest BCUT2D eigenvalue weighted by Gasteiger charge is 2.36. The number of benzene rings is 1. The van der Waals surface area contributed by atoms with Gasteiger partial charge in [0.25, 0.3) is 0 Å². The maximum Gasteiger partial charge on any atom is 0.325 e. The molecular weight excluding hydrogens is 261 g/mol. The summed E-state index contributed by atoms with van der Waals surface area (Å²) < 4.78 is 12.9. The Bertz CT molecular complexity index is 467. The van der Waals surface area contributed by atoms with Crippen molar-refractivity contribution in [2.24, 2.45) is 0 Å². The lowest BCUT2D eigenvalue weighted by atomic mass is 9.88. The fraction of sp³-hybridized carbons (Fsp3) is 0.533. The summed E-state index contributed by atoms with van der Waals surface area (Å²) in [5.41, 5.74) is -0.108. The van der Waals surface area contributed by atoms with Crippen molar-refractivity contribution in [1.82, 2.24) is 4.90 Å². The lowest BCUT2D eigenvalue weighted by Crippen LogP contribution is -2.47. The number of carbonyl (C=O) groups is 1. The number of carboxylic acid groups (broad SMARTS) is 1. The van der Waals surface area contributed by atoms with Crippen molar-refractivity contribution in [3.8, 4) is 0 Å². The van der Waals surface area contributed by atoms with Crippen LogP contribution in [0.25, 0.3) is 0 Å². The maximum atomic E-state index is 12.9. The normalized spacial score (nSPS) is 20.6. The van der Waals surface area contributed by atoms with Crippen LogP contribution in [0.4, 0.5) is 4.39 Å². The number of nitrogens with zero attached hydrogens (tertiary/aromatic N) is 1. The summed E-state index contributed by atoms with van der Waals surface area (Å²) in [4.78, 5) is 13.4. The number of aliphatic carboxylic acids is 1. The first-order valence-electron chi connectivity index (χ1n) is 6.90. The molecule has 1 aromatic rings. The molecule has 0 radical (unpaired) electrons. The molecule has 0 aromatic heterocycles. The van der Waals surface area contributed by atoms with Crippen LogP contribution in [0, 0.1) is 5.82 Å². The van der Waals surface area contributed by atoms with Gasteiger partial charge < -0.3 is 10.2 Å². The summed E-state index contributed by atoms with van der Waals surface area (Å²) in [5, 5.41) is 19.6. The monoisotopic (exact) mass is 281 g/mol. The van der Waals surface area contributed by atoms with E-state index in [0.717, 1.165) is 0 Å². The van der Waals surface area contributed by atoms with Crippen molar-refractivity contribution < 1.29 is 19.4 Å². The molecule has 0 saturated carbocycles. The van der Waals surface area contributed by atoms with Crippen LogP contribution < -0.4 is 0 Å². The van der Waals surface area contributed by atoms with Gasteiger partial charge >= 0.3 is 5.97 Å². The Morgan fingerprint density at radius 2 is 1.90 bits per heavy atom. The van der Waals surface area contributed by atoms with Gasteiger partial charge in [-0.05, 0) is 37.0 Å². The third-order valence-electron chi connectivity index (χ3n) is 4.17. The number of hydrogen-bond acceptors (Lipinski definition) is 3.